The number of aliphatic hydroxyl groups excluding tert-OH is 1. The summed E-state index contributed by atoms with van der Waals surface area (Å²) in [5, 5.41) is 20.9. The Hall–Kier alpha value is -2.06. The highest BCUT2D eigenvalue weighted by atomic mass is 32.2. The van der Waals surface area contributed by atoms with Gasteiger partial charge in [-0.2, -0.15) is 0 Å². The van der Waals surface area contributed by atoms with Crippen LogP contribution in [0.5, 0.6) is 0 Å². The lowest BCUT2D eigenvalue weighted by Gasteiger charge is -2.31. The van der Waals surface area contributed by atoms with Crippen molar-refractivity contribution in [1.29, 1.82) is 0 Å². The number of carbonyl (C=O) groups excluding carboxylic acids is 2. The molecule has 0 aliphatic carbocycles. The van der Waals surface area contributed by atoms with Crippen LogP contribution in [0.15, 0.2) is 24.3 Å². The summed E-state index contributed by atoms with van der Waals surface area (Å²) in [7, 11) is 0. The Morgan fingerprint density at radius 2 is 1.96 bits per heavy atom. The molecule has 2 heterocycles. The van der Waals surface area contributed by atoms with E-state index in [1.54, 1.807) is 12.1 Å². The van der Waals surface area contributed by atoms with Gasteiger partial charge in [0, 0.05) is 10.3 Å². The van der Waals surface area contributed by atoms with Crippen LogP contribution in [0.2, 0.25) is 0 Å². The smallest absolute Gasteiger partial charge is 0.328 e. The van der Waals surface area contributed by atoms with Crippen LogP contribution in [0.1, 0.15) is 42.1 Å². The molecule has 2 amide bonds. The Kier molecular flexibility index (Phi) is 4.28. The summed E-state index contributed by atoms with van der Waals surface area (Å²) in [6, 6.07) is 4.98. The van der Waals surface area contributed by atoms with Gasteiger partial charge in [-0.1, -0.05) is 18.2 Å². The molecular weight excluding hydrogens is 344 g/mol. The van der Waals surface area contributed by atoms with E-state index in [2.05, 4.69) is 5.32 Å². The van der Waals surface area contributed by atoms with Gasteiger partial charge in [0.15, 0.2) is 6.04 Å². The first-order valence-corrected chi connectivity index (χ1v) is 8.84. The number of carboxylic acids is 1. The van der Waals surface area contributed by atoms with E-state index in [-0.39, 0.29) is 11.3 Å². The first-order valence-electron chi connectivity index (χ1n) is 7.96. The standard InChI is InChI=1S/C17H20N2O5S/c1-8(20)11(16(23)24)18-13(21)12-17(2,3)25-15-10-7-5-4-6-9(10)14(22)19(12)15/h4-8,11-12,15,20H,1-3H3,(H,18,21)(H,23,24)/t8-,11+,12-,15-/m0/s1. The van der Waals surface area contributed by atoms with E-state index in [0.717, 1.165) is 5.56 Å². The van der Waals surface area contributed by atoms with Crippen molar-refractivity contribution in [2.24, 2.45) is 0 Å². The molecule has 0 saturated carbocycles. The molecule has 3 rings (SSSR count). The van der Waals surface area contributed by atoms with Crippen molar-refractivity contribution < 1.29 is 24.6 Å². The van der Waals surface area contributed by atoms with Gasteiger partial charge >= 0.3 is 5.97 Å². The quantitative estimate of drug-likeness (QED) is 0.735. The Balaban J connectivity index is 1.93. The van der Waals surface area contributed by atoms with Crippen molar-refractivity contribution in [3.63, 3.8) is 0 Å². The molecule has 0 spiro atoms. The molecule has 25 heavy (non-hydrogen) atoms. The fourth-order valence-corrected chi connectivity index (χ4v) is 5.01. The minimum atomic E-state index is -1.42. The normalized spacial score (nSPS) is 25.9. The van der Waals surface area contributed by atoms with Crippen LogP contribution in [0.25, 0.3) is 0 Å². The number of rotatable bonds is 4. The molecule has 1 aromatic rings. The van der Waals surface area contributed by atoms with E-state index in [1.807, 2.05) is 26.0 Å². The third-order valence-corrected chi connectivity index (χ3v) is 6.13. The number of nitrogens with one attached hydrogen (secondary N) is 1. The molecule has 1 saturated heterocycles. The lowest BCUT2D eigenvalue weighted by molar-refractivity contribution is -0.145. The Labute approximate surface area is 149 Å². The molecule has 3 N–H and O–H groups in total. The third-order valence-electron chi connectivity index (χ3n) is 4.59. The fraction of sp³-hybridized carbons (Fsp3) is 0.471. The number of aliphatic hydroxyl groups is 1. The average Bonchev–Trinajstić information content (AvgIpc) is 2.95. The molecule has 7 nitrogen and oxygen atoms in total. The number of benzene rings is 1. The zero-order valence-corrected chi connectivity index (χ0v) is 14.9. The highest BCUT2D eigenvalue weighted by molar-refractivity contribution is 8.01. The van der Waals surface area contributed by atoms with Crippen LogP contribution in [0.3, 0.4) is 0 Å². The van der Waals surface area contributed by atoms with Gasteiger partial charge in [-0.05, 0) is 32.4 Å². The maximum absolute atomic E-state index is 12.8. The van der Waals surface area contributed by atoms with Crippen LogP contribution < -0.4 is 5.32 Å². The zero-order valence-electron chi connectivity index (χ0n) is 14.1. The third kappa shape index (κ3) is 2.79. The lowest BCUT2D eigenvalue weighted by atomic mass is 10.00. The number of carboxylic acid groups (broad SMARTS) is 1. The fourth-order valence-electron chi connectivity index (χ4n) is 3.43. The monoisotopic (exact) mass is 364 g/mol. The molecule has 0 unspecified atom stereocenters. The highest BCUT2D eigenvalue weighted by Crippen LogP contribution is 2.56. The molecule has 0 radical (unpaired) electrons. The summed E-state index contributed by atoms with van der Waals surface area (Å²) < 4.78 is -0.598. The molecular formula is C17H20N2O5S. The summed E-state index contributed by atoms with van der Waals surface area (Å²) in [5.41, 5.74) is 1.43. The second-order valence-electron chi connectivity index (χ2n) is 6.84. The minimum Gasteiger partial charge on any atom is -0.480 e. The van der Waals surface area contributed by atoms with Gasteiger partial charge in [-0.15, -0.1) is 11.8 Å². The van der Waals surface area contributed by atoms with Gasteiger partial charge in [0.25, 0.3) is 5.91 Å². The number of carbonyl (C=O) groups is 3. The van der Waals surface area contributed by atoms with Crippen LogP contribution in [-0.2, 0) is 9.59 Å². The van der Waals surface area contributed by atoms with Crippen molar-refractivity contribution in [1.82, 2.24) is 10.2 Å². The van der Waals surface area contributed by atoms with Gasteiger partial charge in [-0.25, -0.2) is 4.79 Å². The molecule has 0 aromatic heterocycles. The van der Waals surface area contributed by atoms with Crippen molar-refractivity contribution in [3.05, 3.63) is 35.4 Å². The number of amides is 2. The molecule has 4 atom stereocenters. The predicted molar refractivity (Wildman–Crippen MR) is 92.1 cm³/mol. The lowest BCUT2D eigenvalue weighted by Crippen LogP contribution is -2.57. The molecule has 1 aromatic carbocycles. The first-order chi connectivity index (χ1) is 11.6. The topological polar surface area (TPSA) is 107 Å². The van der Waals surface area contributed by atoms with E-state index >= 15 is 0 Å². The summed E-state index contributed by atoms with van der Waals surface area (Å²) >= 11 is 1.50. The molecule has 0 bridgehead atoms. The number of hydrogen-bond donors (Lipinski definition) is 3. The van der Waals surface area contributed by atoms with Crippen LogP contribution in [-0.4, -0.2) is 55.8 Å². The van der Waals surface area contributed by atoms with E-state index in [0.29, 0.717) is 5.56 Å². The van der Waals surface area contributed by atoms with Crippen molar-refractivity contribution in [3.8, 4) is 0 Å². The number of thioether (sulfide) groups is 1. The second-order valence-corrected chi connectivity index (χ2v) is 8.58. The Morgan fingerprint density at radius 3 is 2.56 bits per heavy atom. The molecule has 134 valence electrons. The average molecular weight is 364 g/mol. The Morgan fingerprint density at radius 1 is 1.32 bits per heavy atom. The van der Waals surface area contributed by atoms with E-state index in [4.69, 9.17) is 0 Å². The van der Waals surface area contributed by atoms with Gasteiger partial charge < -0.3 is 20.4 Å². The van der Waals surface area contributed by atoms with Gasteiger partial charge in [0.1, 0.15) is 11.4 Å². The SMILES string of the molecule is C[C@H](O)[C@@H](NC(=O)[C@@H]1N2C(=O)c3ccccc3[C@@H]2SC1(C)C)C(=O)O. The molecule has 2 aliphatic heterocycles. The van der Waals surface area contributed by atoms with Crippen molar-refractivity contribution >= 4 is 29.5 Å². The minimum absolute atomic E-state index is 0.234. The second kappa shape index (κ2) is 6.03. The summed E-state index contributed by atoms with van der Waals surface area (Å²) in [6.45, 7) is 5.01. The van der Waals surface area contributed by atoms with Crippen LogP contribution in [0, 0.1) is 0 Å². The number of fused-ring (bicyclic) bond motifs is 3. The summed E-state index contributed by atoms with van der Waals surface area (Å²) in [5.74, 6) is -2.13. The Bertz CT molecular complexity index is 748. The molecule has 2 aliphatic rings. The van der Waals surface area contributed by atoms with Gasteiger partial charge in [0.2, 0.25) is 5.91 Å². The maximum atomic E-state index is 12.8. The van der Waals surface area contributed by atoms with Gasteiger partial charge in [-0.3, -0.25) is 9.59 Å². The van der Waals surface area contributed by atoms with E-state index in [1.165, 1.54) is 23.6 Å². The first kappa shape index (κ1) is 17.8. The van der Waals surface area contributed by atoms with E-state index < -0.39 is 34.8 Å². The van der Waals surface area contributed by atoms with E-state index in [9.17, 15) is 24.6 Å². The zero-order chi connectivity index (χ0) is 18.5. The maximum Gasteiger partial charge on any atom is 0.328 e. The summed E-state index contributed by atoms with van der Waals surface area (Å²) in [6.07, 6.45) is -1.25. The largest absolute Gasteiger partial charge is 0.480 e. The van der Waals surface area contributed by atoms with Crippen molar-refractivity contribution in [2.45, 2.75) is 49.1 Å². The van der Waals surface area contributed by atoms with Gasteiger partial charge in [0.05, 0.1) is 6.10 Å². The molecule has 1 fully saturated rings. The number of hydrogen-bond acceptors (Lipinski definition) is 5. The predicted octanol–water partition coefficient (Wildman–Crippen LogP) is 0.985. The number of nitrogens with zero attached hydrogens (tertiary/aromatic N) is 1. The number of aliphatic carboxylic acids is 1. The highest BCUT2D eigenvalue weighted by Gasteiger charge is 2.57. The summed E-state index contributed by atoms with van der Waals surface area (Å²) in [4.78, 5) is 38.4. The molecule has 8 heteroatoms. The van der Waals surface area contributed by atoms with Crippen LogP contribution >= 0.6 is 11.8 Å². The van der Waals surface area contributed by atoms with Crippen LogP contribution in [0.4, 0.5) is 0 Å². The van der Waals surface area contributed by atoms with Crippen molar-refractivity contribution in [2.75, 3.05) is 0 Å².